The molecule has 1 saturated heterocycles. The number of nitrogens with one attached hydrogen (secondary N) is 1. The van der Waals surface area contributed by atoms with Gasteiger partial charge in [0.25, 0.3) is 0 Å². The molecule has 0 unspecified atom stereocenters. The molecular weight excluding hydrogens is 402 g/mol. The summed E-state index contributed by atoms with van der Waals surface area (Å²) in [5.41, 5.74) is 1.90. The van der Waals surface area contributed by atoms with E-state index in [1.54, 1.807) is 12.5 Å². The summed E-state index contributed by atoms with van der Waals surface area (Å²) < 4.78 is 1.88. The van der Waals surface area contributed by atoms with Crippen molar-refractivity contribution in [3.63, 3.8) is 0 Å². The highest BCUT2D eigenvalue weighted by atomic mass is 16.2. The molecule has 1 fully saturated rings. The van der Waals surface area contributed by atoms with Crippen molar-refractivity contribution in [1.82, 2.24) is 29.8 Å². The van der Waals surface area contributed by atoms with E-state index >= 15 is 0 Å². The van der Waals surface area contributed by atoms with Gasteiger partial charge in [0.2, 0.25) is 11.6 Å². The van der Waals surface area contributed by atoms with Crippen LogP contribution >= 0.6 is 0 Å². The van der Waals surface area contributed by atoms with Crippen LogP contribution in [0.3, 0.4) is 0 Å². The van der Waals surface area contributed by atoms with E-state index in [1.807, 2.05) is 35.7 Å². The highest BCUT2D eigenvalue weighted by Crippen LogP contribution is 2.24. The zero-order valence-corrected chi connectivity index (χ0v) is 18.3. The van der Waals surface area contributed by atoms with Gasteiger partial charge in [-0.1, -0.05) is 42.5 Å². The Labute approximate surface area is 186 Å². The summed E-state index contributed by atoms with van der Waals surface area (Å²) in [7, 11) is 0. The number of hydrogen-bond donors (Lipinski definition) is 1. The van der Waals surface area contributed by atoms with Gasteiger partial charge in [0.05, 0.1) is 12.6 Å². The number of carbonyl (C=O) groups is 1. The molecule has 4 aromatic rings. The highest BCUT2D eigenvalue weighted by molar-refractivity contribution is 5.87. The average molecular weight is 430 g/mol. The first-order valence-corrected chi connectivity index (χ1v) is 11.0. The number of nitrogens with zero attached hydrogens (tertiary/aromatic N) is 6. The van der Waals surface area contributed by atoms with Gasteiger partial charge in [-0.25, -0.2) is 4.98 Å². The Kier molecular flexibility index (Phi) is 5.45. The molecule has 2 aromatic carbocycles. The van der Waals surface area contributed by atoms with Crippen LogP contribution in [0.4, 0.5) is 5.82 Å². The monoisotopic (exact) mass is 429 g/mol. The summed E-state index contributed by atoms with van der Waals surface area (Å²) in [6.07, 6.45) is 5.30. The summed E-state index contributed by atoms with van der Waals surface area (Å²) in [6, 6.07) is 14.7. The number of amides is 1. The molecule has 5 rings (SSSR count). The number of carbonyl (C=O) groups excluding carboxylic acids is 1. The number of anilines is 1. The number of hydrogen-bond acceptors (Lipinski definition) is 6. The summed E-state index contributed by atoms with van der Waals surface area (Å²) in [4.78, 5) is 21.8. The molecule has 1 aliphatic rings. The van der Waals surface area contributed by atoms with Gasteiger partial charge in [0, 0.05) is 38.1 Å². The Balaban J connectivity index is 1.22. The Morgan fingerprint density at radius 2 is 2.03 bits per heavy atom. The second-order valence-electron chi connectivity index (χ2n) is 8.45. The van der Waals surface area contributed by atoms with Crippen LogP contribution in [0.5, 0.6) is 0 Å². The quantitative estimate of drug-likeness (QED) is 0.526. The highest BCUT2D eigenvalue weighted by Gasteiger charge is 2.28. The van der Waals surface area contributed by atoms with Crippen molar-refractivity contribution in [3.05, 3.63) is 66.7 Å². The molecule has 2 atom stereocenters. The Morgan fingerprint density at radius 1 is 1.19 bits per heavy atom. The van der Waals surface area contributed by atoms with Crippen LogP contribution in [-0.2, 0) is 4.79 Å². The van der Waals surface area contributed by atoms with Gasteiger partial charge < -0.3 is 10.2 Å². The molecule has 1 N–H and O–H groups in total. The fraction of sp³-hybridized carbons (Fsp3) is 0.333. The molecule has 8 nitrogen and oxygen atoms in total. The van der Waals surface area contributed by atoms with Crippen molar-refractivity contribution in [2.45, 2.75) is 25.9 Å². The number of fused-ring (bicyclic) bond motifs is 2. The van der Waals surface area contributed by atoms with Crippen LogP contribution in [0.1, 0.15) is 25.5 Å². The second-order valence-corrected chi connectivity index (χ2v) is 8.45. The first-order valence-electron chi connectivity index (χ1n) is 11.0. The number of piperazine rings is 1. The summed E-state index contributed by atoms with van der Waals surface area (Å²) >= 11 is 0. The second kappa shape index (κ2) is 8.55. The average Bonchev–Trinajstić information content (AvgIpc) is 3.28. The van der Waals surface area contributed by atoms with Gasteiger partial charge >= 0.3 is 0 Å². The number of rotatable bonds is 5. The molecule has 0 saturated carbocycles. The van der Waals surface area contributed by atoms with Gasteiger partial charge in [-0.3, -0.25) is 14.1 Å². The van der Waals surface area contributed by atoms with Gasteiger partial charge in [-0.2, -0.15) is 0 Å². The summed E-state index contributed by atoms with van der Waals surface area (Å²) in [5.74, 6) is 0.884. The molecule has 2 aromatic heterocycles. The van der Waals surface area contributed by atoms with E-state index < -0.39 is 0 Å². The van der Waals surface area contributed by atoms with Crippen molar-refractivity contribution >= 4 is 28.1 Å². The van der Waals surface area contributed by atoms with Gasteiger partial charge in [0.15, 0.2) is 5.82 Å². The third-order valence-corrected chi connectivity index (χ3v) is 6.22. The van der Waals surface area contributed by atoms with Crippen LogP contribution in [0, 0.1) is 0 Å². The lowest BCUT2D eigenvalue weighted by Crippen LogP contribution is -2.54. The van der Waals surface area contributed by atoms with Crippen LogP contribution in [0.25, 0.3) is 16.4 Å². The first-order chi connectivity index (χ1) is 15.6. The largest absolute Gasteiger partial charge is 0.348 e. The number of aromatic nitrogens is 4. The smallest absolute Gasteiger partial charge is 0.234 e. The molecule has 3 heterocycles. The molecule has 1 amide bonds. The normalized spacial score (nSPS) is 18.2. The fourth-order valence-corrected chi connectivity index (χ4v) is 4.64. The SMILES string of the molecule is C[C@@H]1CN(CC(=O)N[C@H](C)c2cccc3ccccc23)CCN1c1nccn2cnnc12. The van der Waals surface area contributed by atoms with Gasteiger partial charge in [-0.15, -0.1) is 10.2 Å². The van der Waals surface area contributed by atoms with E-state index in [4.69, 9.17) is 0 Å². The van der Waals surface area contributed by atoms with Crippen LogP contribution in [-0.4, -0.2) is 62.6 Å². The van der Waals surface area contributed by atoms with Crippen molar-refractivity contribution in [2.75, 3.05) is 31.1 Å². The Morgan fingerprint density at radius 3 is 2.91 bits per heavy atom. The molecule has 32 heavy (non-hydrogen) atoms. The maximum Gasteiger partial charge on any atom is 0.234 e. The molecule has 1 aliphatic heterocycles. The molecule has 164 valence electrons. The molecule has 0 radical (unpaired) electrons. The van der Waals surface area contributed by atoms with E-state index in [0.717, 1.165) is 36.7 Å². The van der Waals surface area contributed by atoms with E-state index in [2.05, 4.69) is 61.5 Å². The third kappa shape index (κ3) is 3.89. The van der Waals surface area contributed by atoms with Crippen molar-refractivity contribution in [2.24, 2.45) is 0 Å². The van der Waals surface area contributed by atoms with Crippen LogP contribution in [0.2, 0.25) is 0 Å². The zero-order valence-electron chi connectivity index (χ0n) is 18.3. The Bertz CT molecular complexity index is 1250. The lowest BCUT2D eigenvalue weighted by atomic mass is 10.00. The summed E-state index contributed by atoms with van der Waals surface area (Å²) in [6.45, 7) is 6.95. The topological polar surface area (TPSA) is 78.7 Å². The van der Waals surface area contributed by atoms with Gasteiger partial charge in [0.1, 0.15) is 6.33 Å². The van der Waals surface area contributed by atoms with Crippen molar-refractivity contribution < 1.29 is 4.79 Å². The maximum absolute atomic E-state index is 12.8. The van der Waals surface area contributed by atoms with Crippen molar-refractivity contribution in [3.8, 4) is 0 Å². The zero-order chi connectivity index (χ0) is 22.1. The minimum Gasteiger partial charge on any atom is -0.348 e. The lowest BCUT2D eigenvalue weighted by Gasteiger charge is -2.40. The molecule has 0 aliphatic carbocycles. The van der Waals surface area contributed by atoms with Crippen LogP contribution in [0.15, 0.2) is 61.2 Å². The lowest BCUT2D eigenvalue weighted by molar-refractivity contribution is -0.123. The van der Waals surface area contributed by atoms with Crippen LogP contribution < -0.4 is 10.2 Å². The van der Waals surface area contributed by atoms with Gasteiger partial charge in [-0.05, 0) is 30.2 Å². The minimum absolute atomic E-state index is 0.0452. The minimum atomic E-state index is -0.0537. The molecule has 0 spiro atoms. The van der Waals surface area contributed by atoms with Crippen molar-refractivity contribution in [1.29, 1.82) is 0 Å². The van der Waals surface area contributed by atoms with E-state index in [1.165, 1.54) is 10.8 Å². The first kappa shape index (κ1) is 20.4. The molecular formula is C24H27N7O. The van der Waals surface area contributed by atoms with E-state index in [0.29, 0.717) is 6.54 Å². The predicted octanol–water partition coefficient (Wildman–Crippen LogP) is 2.67. The summed E-state index contributed by atoms with van der Waals surface area (Å²) in [5, 5.41) is 13.8. The Hall–Kier alpha value is -3.52. The number of benzene rings is 2. The molecule has 0 bridgehead atoms. The standard InChI is InChI=1S/C24H27N7O/c1-17-14-29(12-13-31(17)23-24-28-26-16-30(24)11-10-25-23)15-22(32)27-18(2)20-9-5-7-19-6-3-4-8-21(19)20/h3-11,16-18H,12-15H2,1-2H3,(H,27,32)/t17-,18-/m1/s1. The fourth-order valence-electron chi connectivity index (χ4n) is 4.64. The van der Waals surface area contributed by atoms with E-state index in [9.17, 15) is 4.79 Å². The van der Waals surface area contributed by atoms with E-state index in [-0.39, 0.29) is 18.0 Å². The third-order valence-electron chi connectivity index (χ3n) is 6.22. The maximum atomic E-state index is 12.8. The molecule has 8 heteroatoms. The predicted molar refractivity (Wildman–Crippen MR) is 125 cm³/mol.